The summed E-state index contributed by atoms with van der Waals surface area (Å²) >= 11 is 0. The lowest BCUT2D eigenvalue weighted by Gasteiger charge is -2.35. The molecule has 2 aliphatic rings. The van der Waals surface area contributed by atoms with Crippen LogP contribution in [-0.4, -0.2) is 56.7 Å². The van der Waals surface area contributed by atoms with E-state index in [4.69, 9.17) is 9.97 Å². The molecule has 7 heteroatoms. The fourth-order valence-corrected chi connectivity index (χ4v) is 4.70. The summed E-state index contributed by atoms with van der Waals surface area (Å²) in [4.78, 5) is 27.4. The van der Waals surface area contributed by atoms with Crippen molar-refractivity contribution >= 4 is 33.7 Å². The van der Waals surface area contributed by atoms with Crippen molar-refractivity contribution in [2.45, 2.75) is 25.7 Å². The molecule has 4 heterocycles. The minimum atomic E-state index is 0.0783. The standard InChI is InChI=1S/C25H26N6O/c1-16-13-23(27-21-6-4-3-5-18(16)21)30-9-11-31(12-10-30)25(32)19-14-22(17-7-8-17)28-24-20(19)15-26-29(24)2/h3-6,13-15,17H,7-12H2,1-2H3. The number of benzene rings is 1. The Balaban J connectivity index is 1.25. The molecule has 1 aromatic carbocycles. The summed E-state index contributed by atoms with van der Waals surface area (Å²) in [7, 11) is 1.89. The molecule has 6 rings (SSSR count). The average molecular weight is 427 g/mol. The maximum atomic E-state index is 13.5. The smallest absolute Gasteiger partial charge is 0.254 e. The first-order chi connectivity index (χ1) is 15.6. The van der Waals surface area contributed by atoms with Gasteiger partial charge in [-0.25, -0.2) is 9.97 Å². The van der Waals surface area contributed by atoms with E-state index >= 15 is 0 Å². The third-order valence-electron chi connectivity index (χ3n) is 6.75. The number of anilines is 1. The Bertz CT molecular complexity index is 1350. The summed E-state index contributed by atoms with van der Waals surface area (Å²) in [6.07, 6.45) is 4.08. The highest BCUT2D eigenvalue weighted by Crippen LogP contribution is 2.40. The van der Waals surface area contributed by atoms with Gasteiger partial charge in [-0.05, 0) is 43.5 Å². The van der Waals surface area contributed by atoms with Gasteiger partial charge < -0.3 is 9.80 Å². The number of para-hydroxylation sites is 1. The summed E-state index contributed by atoms with van der Waals surface area (Å²) in [5.41, 5.74) is 4.81. The van der Waals surface area contributed by atoms with E-state index in [9.17, 15) is 4.79 Å². The number of hydrogen-bond acceptors (Lipinski definition) is 5. The Morgan fingerprint density at radius 2 is 1.78 bits per heavy atom. The van der Waals surface area contributed by atoms with Crippen molar-refractivity contribution in [2.75, 3.05) is 31.1 Å². The van der Waals surface area contributed by atoms with Crippen LogP contribution < -0.4 is 4.90 Å². The number of aryl methyl sites for hydroxylation is 2. The van der Waals surface area contributed by atoms with Crippen LogP contribution in [-0.2, 0) is 7.05 Å². The largest absolute Gasteiger partial charge is 0.353 e. The van der Waals surface area contributed by atoms with Gasteiger partial charge in [0, 0.05) is 50.2 Å². The fraction of sp³-hybridized carbons (Fsp3) is 0.360. The third-order valence-corrected chi connectivity index (χ3v) is 6.75. The molecule has 2 fully saturated rings. The van der Waals surface area contributed by atoms with Crippen LogP contribution in [0.25, 0.3) is 21.9 Å². The molecule has 32 heavy (non-hydrogen) atoms. The summed E-state index contributed by atoms with van der Waals surface area (Å²) in [6, 6.07) is 12.4. The van der Waals surface area contributed by atoms with Crippen LogP contribution in [0.1, 0.15) is 40.4 Å². The molecule has 1 saturated carbocycles. The van der Waals surface area contributed by atoms with E-state index in [1.54, 1.807) is 10.9 Å². The van der Waals surface area contributed by atoms with E-state index in [0.717, 1.165) is 59.6 Å². The maximum absolute atomic E-state index is 13.5. The van der Waals surface area contributed by atoms with Crippen LogP contribution in [0, 0.1) is 6.92 Å². The fourth-order valence-electron chi connectivity index (χ4n) is 4.70. The van der Waals surface area contributed by atoms with Crippen LogP contribution in [0.15, 0.2) is 42.6 Å². The molecule has 7 nitrogen and oxygen atoms in total. The molecule has 0 N–H and O–H groups in total. The molecule has 1 saturated heterocycles. The van der Waals surface area contributed by atoms with Gasteiger partial charge in [0.2, 0.25) is 0 Å². The second-order valence-electron chi connectivity index (χ2n) is 8.97. The third kappa shape index (κ3) is 3.20. The van der Waals surface area contributed by atoms with Gasteiger partial charge >= 0.3 is 0 Å². The zero-order valence-corrected chi connectivity index (χ0v) is 18.5. The van der Waals surface area contributed by atoms with Gasteiger partial charge in [-0.2, -0.15) is 5.10 Å². The Kier molecular flexibility index (Phi) is 4.38. The summed E-state index contributed by atoms with van der Waals surface area (Å²) in [5.74, 6) is 1.55. The minimum Gasteiger partial charge on any atom is -0.353 e. The molecule has 1 amide bonds. The molecule has 0 radical (unpaired) electrons. The quantitative estimate of drug-likeness (QED) is 0.500. The molecular weight excluding hydrogens is 400 g/mol. The van der Waals surface area contributed by atoms with Crippen molar-refractivity contribution in [3.05, 3.63) is 59.4 Å². The van der Waals surface area contributed by atoms with Gasteiger partial charge in [0.25, 0.3) is 5.91 Å². The molecule has 4 aromatic rings. The Morgan fingerprint density at radius 1 is 1.00 bits per heavy atom. The number of hydrogen-bond donors (Lipinski definition) is 0. The highest BCUT2D eigenvalue weighted by atomic mass is 16.2. The zero-order chi connectivity index (χ0) is 21.8. The molecule has 162 valence electrons. The van der Waals surface area contributed by atoms with Gasteiger partial charge in [0.05, 0.1) is 22.7 Å². The van der Waals surface area contributed by atoms with E-state index in [1.165, 1.54) is 10.9 Å². The van der Waals surface area contributed by atoms with Gasteiger partial charge in [0.15, 0.2) is 5.65 Å². The Labute approximate surface area is 186 Å². The number of piperazine rings is 1. The lowest BCUT2D eigenvalue weighted by atomic mass is 10.1. The van der Waals surface area contributed by atoms with Crippen molar-refractivity contribution < 1.29 is 4.79 Å². The van der Waals surface area contributed by atoms with Crippen LogP contribution in [0.2, 0.25) is 0 Å². The zero-order valence-electron chi connectivity index (χ0n) is 18.5. The van der Waals surface area contributed by atoms with E-state index in [2.05, 4.69) is 35.1 Å². The first-order valence-electron chi connectivity index (χ1n) is 11.3. The molecule has 0 unspecified atom stereocenters. The number of fused-ring (bicyclic) bond motifs is 2. The SMILES string of the molecule is Cc1cc(N2CCN(C(=O)c3cc(C4CC4)nc4c3cnn4C)CC2)nc2ccccc12. The topological polar surface area (TPSA) is 67.2 Å². The number of carbonyl (C=O) groups excluding carboxylic acids is 1. The monoisotopic (exact) mass is 426 g/mol. The van der Waals surface area contributed by atoms with Crippen LogP contribution in [0.5, 0.6) is 0 Å². The highest BCUT2D eigenvalue weighted by Gasteiger charge is 2.30. The number of amides is 1. The number of rotatable bonds is 3. The lowest BCUT2D eigenvalue weighted by molar-refractivity contribution is 0.0748. The Hall–Kier alpha value is -3.48. The molecule has 0 bridgehead atoms. The number of carbonyl (C=O) groups is 1. The lowest BCUT2D eigenvalue weighted by Crippen LogP contribution is -2.49. The van der Waals surface area contributed by atoms with Gasteiger partial charge in [0.1, 0.15) is 5.82 Å². The average Bonchev–Trinajstić information content (AvgIpc) is 3.61. The van der Waals surface area contributed by atoms with Crippen LogP contribution in [0.3, 0.4) is 0 Å². The number of pyridine rings is 2. The predicted molar refractivity (Wildman–Crippen MR) is 125 cm³/mol. The highest BCUT2D eigenvalue weighted by molar-refractivity contribution is 6.05. The molecule has 0 atom stereocenters. The molecule has 1 aliphatic heterocycles. The van der Waals surface area contributed by atoms with Crippen LogP contribution >= 0.6 is 0 Å². The summed E-state index contributed by atoms with van der Waals surface area (Å²) in [6.45, 7) is 5.03. The van der Waals surface area contributed by atoms with Crippen molar-refractivity contribution in [1.82, 2.24) is 24.6 Å². The van der Waals surface area contributed by atoms with Crippen LogP contribution in [0.4, 0.5) is 5.82 Å². The molecule has 3 aromatic heterocycles. The molecule has 0 spiro atoms. The number of nitrogens with zero attached hydrogens (tertiary/aromatic N) is 6. The van der Waals surface area contributed by atoms with Gasteiger partial charge in [-0.1, -0.05) is 18.2 Å². The summed E-state index contributed by atoms with van der Waals surface area (Å²) < 4.78 is 1.77. The van der Waals surface area contributed by atoms with E-state index in [1.807, 2.05) is 30.1 Å². The maximum Gasteiger partial charge on any atom is 0.254 e. The normalized spacial score (nSPS) is 16.8. The number of aromatic nitrogens is 4. The second kappa shape index (κ2) is 7.29. The predicted octanol–water partition coefficient (Wildman–Crippen LogP) is 3.66. The van der Waals surface area contributed by atoms with Crippen molar-refractivity contribution in [3.63, 3.8) is 0 Å². The summed E-state index contributed by atoms with van der Waals surface area (Å²) in [5, 5.41) is 6.39. The van der Waals surface area contributed by atoms with Crippen molar-refractivity contribution in [2.24, 2.45) is 7.05 Å². The van der Waals surface area contributed by atoms with Crippen molar-refractivity contribution in [3.8, 4) is 0 Å². The first kappa shape index (κ1) is 19.2. The Morgan fingerprint density at radius 3 is 2.56 bits per heavy atom. The first-order valence-corrected chi connectivity index (χ1v) is 11.3. The van der Waals surface area contributed by atoms with E-state index in [0.29, 0.717) is 19.0 Å². The molecular formula is C25H26N6O. The second-order valence-corrected chi connectivity index (χ2v) is 8.97. The molecule has 1 aliphatic carbocycles. The van der Waals surface area contributed by atoms with Gasteiger partial charge in [-0.3, -0.25) is 9.48 Å². The minimum absolute atomic E-state index is 0.0783. The van der Waals surface area contributed by atoms with E-state index < -0.39 is 0 Å². The van der Waals surface area contributed by atoms with Gasteiger partial charge in [-0.15, -0.1) is 0 Å². The van der Waals surface area contributed by atoms with Crippen molar-refractivity contribution in [1.29, 1.82) is 0 Å². The van der Waals surface area contributed by atoms with E-state index in [-0.39, 0.29) is 5.91 Å².